The number of methoxy groups -OCH3 is 1. The first kappa shape index (κ1) is 22.5. The van der Waals surface area contributed by atoms with Crippen LogP contribution < -0.4 is 9.64 Å². The van der Waals surface area contributed by atoms with Gasteiger partial charge < -0.3 is 14.5 Å². The molecule has 2 aliphatic heterocycles. The predicted molar refractivity (Wildman–Crippen MR) is 129 cm³/mol. The van der Waals surface area contributed by atoms with Crippen molar-refractivity contribution in [2.45, 2.75) is 13.5 Å². The number of nitrogens with zero attached hydrogens (tertiary/aromatic N) is 5. The van der Waals surface area contributed by atoms with Crippen LogP contribution in [0.2, 0.25) is 0 Å². The van der Waals surface area contributed by atoms with Gasteiger partial charge in [-0.2, -0.15) is 0 Å². The van der Waals surface area contributed by atoms with Crippen molar-refractivity contribution in [1.82, 2.24) is 19.8 Å². The minimum atomic E-state index is -0.389. The van der Waals surface area contributed by atoms with Crippen molar-refractivity contribution in [3.05, 3.63) is 82.8 Å². The Morgan fingerprint density at radius 3 is 2.31 bits per heavy atom. The average Bonchev–Trinajstić information content (AvgIpc) is 3.13. The molecule has 0 bridgehead atoms. The second-order valence-corrected chi connectivity index (χ2v) is 8.60. The molecule has 9 heteroatoms. The number of ether oxygens (including phenoxy) is 1. The zero-order valence-corrected chi connectivity index (χ0v) is 19.6. The van der Waals surface area contributed by atoms with Crippen molar-refractivity contribution >= 4 is 23.5 Å². The molecule has 0 radical (unpaired) electrons. The topological polar surface area (TPSA) is 95.9 Å². The molecule has 0 aliphatic carbocycles. The normalized spacial score (nSPS) is 15.4. The van der Waals surface area contributed by atoms with Gasteiger partial charge in [0.25, 0.3) is 17.7 Å². The van der Waals surface area contributed by atoms with E-state index in [9.17, 15) is 14.4 Å². The number of anilines is 1. The largest absolute Gasteiger partial charge is 0.497 e. The first-order valence-corrected chi connectivity index (χ1v) is 11.4. The lowest BCUT2D eigenvalue weighted by Crippen LogP contribution is -2.49. The molecule has 35 heavy (non-hydrogen) atoms. The number of aryl methyl sites for hydroxylation is 1. The number of hydrogen-bond acceptors (Lipinski definition) is 7. The van der Waals surface area contributed by atoms with E-state index in [1.807, 2.05) is 25.1 Å². The SMILES string of the molecule is COc1ccc(CN2C(=O)c3ccc(C(=O)N4CCN(c5cc(C)ncn5)CC4)cc3C2=O)cc1. The minimum Gasteiger partial charge on any atom is -0.497 e. The van der Waals surface area contributed by atoms with Crippen LogP contribution in [0.1, 0.15) is 42.3 Å². The lowest BCUT2D eigenvalue weighted by atomic mass is 10.0. The fourth-order valence-electron chi connectivity index (χ4n) is 4.42. The highest BCUT2D eigenvalue weighted by Crippen LogP contribution is 2.27. The Labute approximate surface area is 203 Å². The van der Waals surface area contributed by atoms with Gasteiger partial charge in [-0.25, -0.2) is 9.97 Å². The highest BCUT2D eigenvalue weighted by atomic mass is 16.5. The van der Waals surface area contributed by atoms with Crippen molar-refractivity contribution in [3.8, 4) is 5.75 Å². The van der Waals surface area contributed by atoms with E-state index in [-0.39, 0.29) is 29.8 Å². The van der Waals surface area contributed by atoms with Gasteiger partial charge in [0, 0.05) is 43.5 Å². The Balaban J connectivity index is 1.27. The van der Waals surface area contributed by atoms with Crippen LogP contribution in [-0.4, -0.2) is 70.8 Å². The number of hydrogen-bond donors (Lipinski definition) is 0. The molecule has 1 aromatic heterocycles. The Bertz CT molecular complexity index is 1300. The monoisotopic (exact) mass is 471 g/mol. The summed E-state index contributed by atoms with van der Waals surface area (Å²) in [6.07, 6.45) is 1.54. The van der Waals surface area contributed by atoms with E-state index >= 15 is 0 Å². The second-order valence-electron chi connectivity index (χ2n) is 8.60. The molecular formula is C26H25N5O4. The highest BCUT2D eigenvalue weighted by molar-refractivity contribution is 6.22. The summed E-state index contributed by atoms with van der Waals surface area (Å²) < 4.78 is 5.16. The summed E-state index contributed by atoms with van der Waals surface area (Å²) in [4.78, 5) is 52.7. The molecule has 3 amide bonds. The first-order chi connectivity index (χ1) is 16.9. The predicted octanol–water partition coefficient (Wildman–Crippen LogP) is 2.55. The Hall–Kier alpha value is -4.27. The third-order valence-electron chi connectivity index (χ3n) is 6.40. The molecule has 0 N–H and O–H groups in total. The number of amides is 3. The van der Waals surface area contributed by atoms with Crippen molar-refractivity contribution < 1.29 is 19.1 Å². The minimum absolute atomic E-state index is 0.153. The lowest BCUT2D eigenvalue weighted by Gasteiger charge is -2.35. The maximum Gasteiger partial charge on any atom is 0.261 e. The van der Waals surface area contributed by atoms with Gasteiger partial charge >= 0.3 is 0 Å². The van der Waals surface area contributed by atoms with Crippen LogP contribution in [0.3, 0.4) is 0 Å². The van der Waals surface area contributed by atoms with Gasteiger partial charge in [0.1, 0.15) is 17.9 Å². The van der Waals surface area contributed by atoms with E-state index < -0.39 is 0 Å². The quantitative estimate of drug-likeness (QED) is 0.528. The van der Waals surface area contributed by atoms with Crippen molar-refractivity contribution in [1.29, 1.82) is 0 Å². The second kappa shape index (κ2) is 9.17. The Morgan fingerprint density at radius 1 is 0.914 bits per heavy atom. The molecule has 3 aromatic rings. The molecule has 1 fully saturated rings. The van der Waals surface area contributed by atoms with E-state index in [4.69, 9.17) is 4.74 Å². The maximum absolute atomic E-state index is 13.2. The molecule has 2 aromatic carbocycles. The molecule has 0 unspecified atom stereocenters. The van der Waals surface area contributed by atoms with E-state index in [0.29, 0.717) is 43.1 Å². The molecule has 0 saturated carbocycles. The average molecular weight is 472 g/mol. The van der Waals surface area contributed by atoms with Crippen LogP contribution in [0.5, 0.6) is 5.75 Å². The number of rotatable bonds is 5. The summed E-state index contributed by atoms with van der Waals surface area (Å²) in [6, 6.07) is 13.9. The van der Waals surface area contributed by atoms with Crippen LogP contribution in [0, 0.1) is 6.92 Å². The molecule has 5 rings (SSSR count). The molecule has 3 heterocycles. The van der Waals surface area contributed by atoms with Crippen molar-refractivity contribution in [3.63, 3.8) is 0 Å². The van der Waals surface area contributed by atoms with E-state index in [1.54, 1.807) is 48.7 Å². The van der Waals surface area contributed by atoms with Gasteiger partial charge in [0.05, 0.1) is 24.8 Å². The summed E-state index contributed by atoms with van der Waals surface area (Å²) >= 11 is 0. The number of fused-ring (bicyclic) bond motifs is 1. The molecule has 0 spiro atoms. The number of imide groups is 1. The number of carbonyl (C=O) groups is 3. The summed E-state index contributed by atoms with van der Waals surface area (Å²) in [6.45, 7) is 4.46. The third kappa shape index (κ3) is 4.32. The summed E-state index contributed by atoms with van der Waals surface area (Å²) in [5.74, 6) is 0.656. The van der Waals surface area contributed by atoms with Crippen LogP contribution in [0.25, 0.3) is 0 Å². The molecule has 1 saturated heterocycles. The highest BCUT2D eigenvalue weighted by Gasteiger charge is 2.36. The molecular weight excluding hydrogens is 446 g/mol. The first-order valence-electron chi connectivity index (χ1n) is 11.4. The van der Waals surface area contributed by atoms with Crippen LogP contribution in [0.15, 0.2) is 54.9 Å². The van der Waals surface area contributed by atoms with Gasteiger partial charge in [-0.05, 0) is 42.8 Å². The molecule has 2 aliphatic rings. The summed E-state index contributed by atoms with van der Waals surface area (Å²) in [5.41, 5.74) is 2.70. The number of aromatic nitrogens is 2. The van der Waals surface area contributed by atoms with E-state index in [0.717, 1.165) is 17.1 Å². The van der Waals surface area contributed by atoms with Gasteiger partial charge in [0.2, 0.25) is 0 Å². The number of benzene rings is 2. The van der Waals surface area contributed by atoms with Gasteiger partial charge in [-0.3, -0.25) is 19.3 Å². The van der Waals surface area contributed by atoms with Crippen molar-refractivity contribution in [2.75, 3.05) is 38.2 Å². The maximum atomic E-state index is 13.2. The molecule has 0 atom stereocenters. The summed E-state index contributed by atoms with van der Waals surface area (Å²) in [5, 5.41) is 0. The van der Waals surface area contributed by atoms with Gasteiger partial charge in [-0.1, -0.05) is 12.1 Å². The van der Waals surface area contributed by atoms with Crippen LogP contribution >= 0.6 is 0 Å². The standard InChI is InChI=1S/C26H25N5O4/c1-17-13-23(28-16-27-17)29-9-11-30(12-10-29)24(32)19-5-8-21-22(14-19)26(34)31(25(21)33)15-18-3-6-20(35-2)7-4-18/h3-8,13-14,16H,9-12,15H2,1-2H3. The third-order valence-corrected chi connectivity index (χ3v) is 6.40. The van der Waals surface area contributed by atoms with Gasteiger partial charge in [0.15, 0.2) is 0 Å². The number of piperazine rings is 1. The van der Waals surface area contributed by atoms with Gasteiger partial charge in [-0.15, -0.1) is 0 Å². The van der Waals surface area contributed by atoms with E-state index in [1.165, 1.54) is 4.90 Å². The fourth-order valence-corrected chi connectivity index (χ4v) is 4.42. The summed E-state index contributed by atoms with van der Waals surface area (Å²) in [7, 11) is 1.58. The lowest BCUT2D eigenvalue weighted by molar-refractivity contribution is 0.0642. The zero-order chi connectivity index (χ0) is 24.5. The van der Waals surface area contributed by atoms with E-state index in [2.05, 4.69) is 14.9 Å². The van der Waals surface area contributed by atoms with Crippen molar-refractivity contribution in [2.24, 2.45) is 0 Å². The molecule has 9 nitrogen and oxygen atoms in total. The number of carbonyl (C=O) groups excluding carboxylic acids is 3. The Morgan fingerprint density at radius 2 is 1.63 bits per heavy atom. The van der Waals surface area contributed by atoms with Crippen LogP contribution in [0.4, 0.5) is 5.82 Å². The Kier molecular flexibility index (Phi) is 5.90. The smallest absolute Gasteiger partial charge is 0.261 e. The molecule has 178 valence electrons. The fraction of sp³-hybridized carbons (Fsp3) is 0.269. The zero-order valence-electron chi connectivity index (χ0n) is 19.6. The van der Waals surface area contributed by atoms with Crippen LogP contribution in [-0.2, 0) is 6.54 Å².